The van der Waals surface area contributed by atoms with Gasteiger partial charge in [0.15, 0.2) is 11.5 Å². The first-order valence-corrected chi connectivity index (χ1v) is 8.62. The molecule has 4 heteroatoms. The number of para-hydroxylation sites is 2. The molecule has 3 aromatic carbocycles. The molecule has 0 fully saturated rings. The fraction of sp³-hybridized carbons (Fsp3) is 0.136. The average molecular weight is 345 g/mol. The van der Waals surface area contributed by atoms with Crippen LogP contribution < -0.4 is 14.8 Å². The molecule has 1 heterocycles. The molecular formula is C22H19NO3. The van der Waals surface area contributed by atoms with Gasteiger partial charge in [0.25, 0.3) is 0 Å². The molecule has 1 aliphatic heterocycles. The van der Waals surface area contributed by atoms with Crippen LogP contribution in [0, 0.1) is 0 Å². The predicted octanol–water partition coefficient (Wildman–Crippen LogP) is 3.81. The smallest absolute Gasteiger partial charge is 0.244 e. The molecule has 0 bridgehead atoms. The molecule has 0 radical (unpaired) electrons. The van der Waals surface area contributed by atoms with Gasteiger partial charge in [-0.25, -0.2) is 0 Å². The average Bonchev–Trinajstić information content (AvgIpc) is 2.70. The first-order valence-electron chi connectivity index (χ1n) is 8.62. The monoisotopic (exact) mass is 345 g/mol. The second kappa shape index (κ2) is 7.31. The number of hydrogen-bond acceptors (Lipinski definition) is 3. The van der Waals surface area contributed by atoms with Crippen LogP contribution in [-0.2, 0) is 4.79 Å². The van der Waals surface area contributed by atoms with Crippen LogP contribution >= 0.6 is 0 Å². The standard InChI is InChI=1S/C22H19NO3/c24-22(13-12-17-8-5-7-16-6-1-2-9-19(16)17)23-14-18-15-25-20-10-3-4-11-21(20)26-18/h1-13,18H,14-15H2,(H,23,24)/b13-12+/t18-/m0/s1. The van der Waals surface area contributed by atoms with E-state index >= 15 is 0 Å². The van der Waals surface area contributed by atoms with E-state index in [0.29, 0.717) is 18.9 Å². The molecule has 4 rings (SSSR count). The Morgan fingerprint density at radius 1 is 1.00 bits per heavy atom. The van der Waals surface area contributed by atoms with Gasteiger partial charge in [-0.05, 0) is 34.5 Å². The molecule has 0 saturated heterocycles. The number of rotatable bonds is 4. The van der Waals surface area contributed by atoms with Gasteiger partial charge >= 0.3 is 0 Å². The number of hydrogen-bond donors (Lipinski definition) is 1. The summed E-state index contributed by atoms with van der Waals surface area (Å²) < 4.78 is 11.5. The lowest BCUT2D eigenvalue weighted by Gasteiger charge is -2.26. The van der Waals surface area contributed by atoms with Crippen LogP contribution in [-0.4, -0.2) is 25.2 Å². The first kappa shape index (κ1) is 16.2. The van der Waals surface area contributed by atoms with Crippen LogP contribution in [0.3, 0.4) is 0 Å². The number of carbonyl (C=O) groups excluding carboxylic acids is 1. The number of fused-ring (bicyclic) bond motifs is 2. The summed E-state index contributed by atoms with van der Waals surface area (Å²) in [5, 5.41) is 5.15. The minimum absolute atomic E-state index is 0.152. The topological polar surface area (TPSA) is 47.6 Å². The van der Waals surface area contributed by atoms with E-state index in [1.165, 1.54) is 0 Å². The van der Waals surface area contributed by atoms with E-state index < -0.39 is 0 Å². The van der Waals surface area contributed by atoms with Crippen molar-refractivity contribution in [1.29, 1.82) is 0 Å². The molecule has 0 saturated carbocycles. The van der Waals surface area contributed by atoms with E-state index in [1.807, 2.05) is 54.6 Å². The van der Waals surface area contributed by atoms with Crippen molar-refractivity contribution in [2.24, 2.45) is 0 Å². The molecule has 26 heavy (non-hydrogen) atoms. The molecule has 1 atom stereocenters. The van der Waals surface area contributed by atoms with Crippen molar-refractivity contribution in [2.75, 3.05) is 13.2 Å². The van der Waals surface area contributed by atoms with Gasteiger partial charge in [0, 0.05) is 6.08 Å². The molecule has 0 spiro atoms. The highest BCUT2D eigenvalue weighted by molar-refractivity contribution is 5.96. The third-order valence-electron chi connectivity index (χ3n) is 4.31. The molecule has 3 aromatic rings. The van der Waals surface area contributed by atoms with Crippen LogP contribution in [0.25, 0.3) is 16.8 Å². The Bertz CT molecular complexity index is 959. The zero-order chi connectivity index (χ0) is 17.8. The van der Waals surface area contributed by atoms with Crippen molar-refractivity contribution in [3.8, 4) is 11.5 Å². The summed E-state index contributed by atoms with van der Waals surface area (Å²) in [7, 11) is 0. The van der Waals surface area contributed by atoms with Gasteiger partial charge in [0.05, 0.1) is 6.54 Å². The van der Waals surface area contributed by atoms with Crippen molar-refractivity contribution < 1.29 is 14.3 Å². The minimum Gasteiger partial charge on any atom is -0.486 e. The van der Waals surface area contributed by atoms with Crippen LogP contribution in [0.2, 0.25) is 0 Å². The van der Waals surface area contributed by atoms with Gasteiger partial charge in [-0.15, -0.1) is 0 Å². The lowest BCUT2D eigenvalue weighted by Crippen LogP contribution is -2.40. The number of carbonyl (C=O) groups is 1. The van der Waals surface area contributed by atoms with E-state index in [1.54, 1.807) is 6.08 Å². The summed E-state index contributed by atoms with van der Waals surface area (Å²) in [6.45, 7) is 0.817. The van der Waals surface area contributed by atoms with Crippen molar-refractivity contribution in [3.05, 3.63) is 78.4 Å². The molecule has 1 amide bonds. The summed E-state index contributed by atoms with van der Waals surface area (Å²) in [5.41, 5.74) is 1.02. The van der Waals surface area contributed by atoms with E-state index in [4.69, 9.17) is 9.47 Å². The third kappa shape index (κ3) is 3.54. The Kier molecular flexibility index (Phi) is 4.56. The van der Waals surface area contributed by atoms with Crippen molar-refractivity contribution in [1.82, 2.24) is 5.32 Å². The van der Waals surface area contributed by atoms with E-state index in [9.17, 15) is 4.79 Å². The summed E-state index contributed by atoms with van der Waals surface area (Å²) >= 11 is 0. The summed E-state index contributed by atoms with van der Waals surface area (Å²) in [4.78, 5) is 12.1. The van der Waals surface area contributed by atoms with Gasteiger partial charge in [0.2, 0.25) is 5.91 Å². The van der Waals surface area contributed by atoms with E-state index in [0.717, 1.165) is 22.1 Å². The first-order chi connectivity index (χ1) is 12.8. The van der Waals surface area contributed by atoms with Gasteiger partial charge in [-0.3, -0.25) is 4.79 Å². The normalized spacial score (nSPS) is 15.9. The number of nitrogens with one attached hydrogen (secondary N) is 1. The molecule has 0 aromatic heterocycles. The third-order valence-corrected chi connectivity index (χ3v) is 4.31. The van der Waals surface area contributed by atoms with Gasteiger partial charge < -0.3 is 14.8 Å². The van der Waals surface area contributed by atoms with Crippen molar-refractivity contribution >= 4 is 22.8 Å². The van der Waals surface area contributed by atoms with Gasteiger partial charge in [-0.2, -0.15) is 0 Å². The Morgan fingerprint density at radius 2 is 1.77 bits per heavy atom. The molecule has 0 aliphatic carbocycles. The highest BCUT2D eigenvalue weighted by Crippen LogP contribution is 2.30. The van der Waals surface area contributed by atoms with Crippen LogP contribution in [0.1, 0.15) is 5.56 Å². The predicted molar refractivity (Wildman–Crippen MR) is 102 cm³/mol. The van der Waals surface area contributed by atoms with Crippen LogP contribution in [0.5, 0.6) is 11.5 Å². The molecule has 0 unspecified atom stereocenters. The second-order valence-corrected chi connectivity index (χ2v) is 6.14. The highest BCUT2D eigenvalue weighted by atomic mass is 16.6. The fourth-order valence-electron chi connectivity index (χ4n) is 3.00. The Balaban J connectivity index is 1.36. The van der Waals surface area contributed by atoms with E-state index in [-0.39, 0.29) is 12.0 Å². The van der Waals surface area contributed by atoms with E-state index in [2.05, 4.69) is 23.5 Å². The maximum Gasteiger partial charge on any atom is 0.244 e. The quantitative estimate of drug-likeness (QED) is 0.732. The molecular weight excluding hydrogens is 326 g/mol. The molecule has 1 aliphatic rings. The van der Waals surface area contributed by atoms with Crippen molar-refractivity contribution in [2.45, 2.75) is 6.10 Å². The van der Waals surface area contributed by atoms with Crippen LogP contribution in [0.15, 0.2) is 72.8 Å². The second-order valence-electron chi connectivity index (χ2n) is 6.14. The number of amides is 1. The minimum atomic E-state index is -0.195. The molecule has 1 N–H and O–H groups in total. The highest BCUT2D eigenvalue weighted by Gasteiger charge is 2.20. The summed E-state index contributed by atoms with van der Waals surface area (Å²) in [5.74, 6) is 1.30. The maximum atomic E-state index is 12.1. The zero-order valence-electron chi connectivity index (χ0n) is 14.2. The lowest BCUT2D eigenvalue weighted by molar-refractivity contribution is -0.116. The van der Waals surface area contributed by atoms with Crippen LogP contribution in [0.4, 0.5) is 0 Å². The zero-order valence-corrected chi connectivity index (χ0v) is 14.2. The Hall–Kier alpha value is -3.27. The van der Waals surface area contributed by atoms with Gasteiger partial charge in [0.1, 0.15) is 12.7 Å². The Morgan fingerprint density at radius 3 is 2.69 bits per heavy atom. The SMILES string of the molecule is O=C(/C=C/c1cccc2ccccc12)NC[C@H]1COc2ccccc2O1. The fourth-order valence-corrected chi connectivity index (χ4v) is 3.00. The number of ether oxygens (including phenoxy) is 2. The van der Waals surface area contributed by atoms with Crippen molar-refractivity contribution in [3.63, 3.8) is 0 Å². The summed E-state index contributed by atoms with van der Waals surface area (Å²) in [6, 6.07) is 21.7. The lowest BCUT2D eigenvalue weighted by atomic mass is 10.0. The summed E-state index contributed by atoms with van der Waals surface area (Å²) in [6.07, 6.45) is 3.20. The van der Waals surface area contributed by atoms with Gasteiger partial charge in [-0.1, -0.05) is 54.6 Å². The largest absolute Gasteiger partial charge is 0.486 e. The number of benzene rings is 3. The molecule has 4 nitrogen and oxygen atoms in total. The Labute approximate surface area is 152 Å². The maximum absolute atomic E-state index is 12.1. The molecule has 130 valence electrons.